The molecule has 1 fully saturated rings. The van der Waals surface area contributed by atoms with Gasteiger partial charge < -0.3 is 10.6 Å². The maximum Gasteiger partial charge on any atom is 0.239 e. The number of carbonyl (C=O) groups excluding carboxylic acids is 1. The summed E-state index contributed by atoms with van der Waals surface area (Å²) in [5.41, 5.74) is 5.88. The van der Waals surface area contributed by atoms with Crippen molar-refractivity contribution in [3.63, 3.8) is 0 Å². The first kappa shape index (κ1) is 16.4. The normalized spacial score (nSPS) is 24.7. The number of likely N-dealkylation sites (N-methyl/N-ethyl adjacent to an activating group) is 2. The van der Waals surface area contributed by atoms with Crippen molar-refractivity contribution in [3.8, 4) is 0 Å². The standard InChI is InChI=1S/C15H31N3O/c1-5-17(6-2)15(19)12(4)18(7-3)14-10-8-9-13(14)11-16/h12-14H,5-11,16H2,1-4H3. The molecule has 0 aromatic rings. The summed E-state index contributed by atoms with van der Waals surface area (Å²) in [6, 6.07) is 0.464. The first-order chi connectivity index (χ1) is 9.10. The number of hydrogen-bond acceptors (Lipinski definition) is 3. The predicted octanol–water partition coefficient (Wildman–Crippen LogP) is 1.69. The van der Waals surface area contributed by atoms with Gasteiger partial charge in [0.1, 0.15) is 0 Å². The third kappa shape index (κ3) is 3.69. The van der Waals surface area contributed by atoms with E-state index in [2.05, 4.69) is 18.7 Å². The summed E-state index contributed by atoms with van der Waals surface area (Å²) in [7, 11) is 0. The lowest BCUT2D eigenvalue weighted by Gasteiger charge is -2.37. The summed E-state index contributed by atoms with van der Waals surface area (Å²) in [6.07, 6.45) is 3.64. The molecule has 112 valence electrons. The van der Waals surface area contributed by atoms with Crippen LogP contribution in [0.25, 0.3) is 0 Å². The highest BCUT2D eigenvalue weighted by atomic mass is 16.2. The Labute approximate surface area is 118 Å². The van der Waals surface area contributed by atoms with Gasteiger partial charge in [-0.05, 0) is 52.6 Å². The van der Waals surface area contributed by atoms with Crippen molar-refractivity contribution in [2.45, 2.75) is 59.0 Å². The molecule has 0 saturated heterocycles. The van der Waals surface area contributed by atoms with Gasteiger partial charge in [-0.2, -0.15) is 0 Å². The number of rotatable bonds is 7. The number of amides is 1. The lowest BCUT2D eigenvalue weighted by Crippen LogP contribution is -2.52. The molecule has 0 bridgehead atoms. The first-order valence-electron chi connectivity index (χ1n) is 7.85. The van der Waals surface area contributed by atoms with Crippen LogP contribution in [-0.2, 0) is 4.79 Å². The average Bonchev–Trinajstić information content (AvgIpc) is 2.89. The van der Waals surface area contributed by atoms with Crippen LogP contribution in [0.5, 0.6) is 0 Å². The Balaban J connectivity index is 2.75. The maximum absolute atomic E-state index is 12.5. The van der Waals surface area contributed by atoms with Crippen LogP contribution in [0.2, 0.25) is 0 Å². The second-order valence-electron chi connectivity index (χ2n) is 5.51. The minimum Gasteiger partial charge on any atom is -0.342 e. The van der Waals surface area contributed by atoms with E-state index in [-0.39, 0.29) is 11.9 Å². The fourth-order valence-electron chi connectivity index (χ4n) is 3.47. The van der Waals surface area contributed by atoms with Crippen LogP contribution in [0.1, 0.15) is 47.0 Å². The Morgan fingerprint density at radius 2 is 1.84 bits per heavy atom. The Hall–Kier alpha value is -0.610. The Morgan fingerprint density at radius 3 is 2.32 bits per heavy atom. The van der Waals surface area contributed by atoms with Crippen molar-refractivity contribution in [2.24, 2.45) is 11.7 Å². The topological polar surface area (TPSA) is 49.6 Å². The number of nitrogens with two attached hydrogens (primary N) is 1. The molecule has 2 N–H and O–H groups in total. The molecule has 19 heavy (non-hydrogen) atoms. The van der Waals surface area contributed by atoms with E-state index in [1.54, 1.807) is 0 Å². The molecule has 0 spiro atoms. The zero-order chi connectivity index (χ0) is 14.4. The monoisotopic (exact) mass is 269 g/mol. The molecule has 0 aromatic heterocycles. The number of hydrogen-bond donors (Lipinski definition) is 1. The lowest BCUT2D eigenvalue weighted by atomic mass is 10.0. The van der Waals surface area contributed by atoms with Crippen molar-refractivity contribution < 1.29 is 4.79 Å². The largest absolute Gasteiger partial charge is 0.342 e. The van der Waals surface area contributed by atoms with Gasteiger partial charge >= 0.3 is 0 Å². The highest BCUT2D eigenvalue weighted by molar-refractivity contribution is 5.81. The van der Waals surface area contributed by atoms with Gasteiger partial charge in [-0.25, -0.2) is 0 Å². The summed E-state index contributed by atoms with van der Waals surface area (Å²) in [4.78, 5) is 16.8. The van der Waals surface area contributed by atoms with Crippen molar-refractivity contribution in [1.29, 1.82) is 0 Å². The van der Waals surface area contributed by atoms with E-state index in [4.69, 9.17) is 5.73 Å². The van der Waals surface area contributed by atoms with Crippen LogP contribution in [0.4, 0.5) is 0 Å². The Morgan fingerprint density at radius 1 is 1.21 bits per heavy atom. The third-order valence-electron chi connectivity index (χ3n) is 4.64. The van der Waals surface area contributed by atoms with Crippen molar-refractivity contribution in [2.75, 3.05) is 26.2 Å². The van der Waals surface area contributed by atoms with Gasteiger partial charge in [0.2, 0.25) is 5.91 Å². The van der Waals surface area contributed by atoms with E-state index < -0.39 is 0 Å². The molecule has 1 rings (SSSR count). The quantitative estimate of drug-likeness (QED) is 0.765. The van der Waals surface area contributed by atoms with Crippen LogP contribution in [-0.4, -0.2) is 54.0 Å². The molecule has 1 saturated carbocycles. The molecule has 0 radical (unpaired) electrons. The molecule has 1 aliphatic carbocycles. The highest BCUT2D eigenvalue weighted by Crippen LogP contribution is 2.30. The first-order valence-corrected chi connectivity index (χ1v) is 7.85. The molecule has 0 aromatic carbocycles. The summed E-state index contributed by atoms with van der Waals surface area (Å²) in [5.74, 6) is 0.821. The van der Waals surface area contributed by atoms with E-state index in [0.29, 0.717) is 12.0 Å². The van der Waals surface area contributed by atoms with Crippen LogP contribution in [0, 0.1) is 5.92 Å². The molecule has 0 aliphatic heterocycles. The average molecular weight is 269 g/mol. The van der Waals surface area contributed by atoms with Gasteiger partial charge in [-0.1, -0.05) is 13.3 Å². The minimum atomic E-state index is -0.0259. The Bertz CT molecular complexity index is 279. The zero-order valence-corrected chi connectivity index (χ0v) is 13.1. The smallest absolute Gasteiger partial charge is 0.239 e. The molecule has 4 nitrogen and oxygen atoms in total. The van der Waals surface area contributed by atoms with Gasteiger partial charge in [0.05, 0.1) is 6.04 Å². The van der Waals surface area contributed by atoms with Crippen LogP contribution in [0.15, 0.2) is 0 Å². The molecule has 1 amide bonds. The van der Waals surface area contributed by atoms with E-state index in [0.717, 1.165) is 26.2 Å². The highest BCUT2D eigenvalue weighted by Gasteiger charge is 2.35. The molecule has 0 heterocycles. The van der Waals surface area contributed by atoms with Crippen molar-refractivity contribution >= 4 is 5.91 Å². The van der Waals surface area contributed by atoms with Crippen LogP contribution in [0.3, 0.4) is 0 Å². The van der Waals surface area contributed by atoms with E-state index in [9.17, 15) is 4.79 Å². The summed E-state index contributed by atoms with van der Waals surface area (Å²) >= 11 is 0. The zero-order valence-electron chi connectivity index (χ0n) is 13.1. The molecule has 3 atom stereocenters. The molecular weight excluding hydrogens is 238 g/mol. The van der Waals surface area contributed by atoms with E-state index in [1.165, 1.54) is 19.3 Å². The van der Waals surface area contributed by atoms with E-state index >= 15 is 0 Å². The number of nitrogens with zero attached hydrogens (tertiary/aromatic N) is 2. The van der Waals surface area contributed by atoms with Gasteiger partial charge in [0.15, 0.2) is 0 Å². The van der Waals surface area contributed by atoms with Gasteiger partial charge in [0, 0.05) is 19.1 Å². The second kappa shape index (κ2) is 7.85. The van der Waals surface area contributed by atoms with Gasteiger partial charge in [-0.3, -0.25) is 9.69 Å². The fourth-order valence-corrected chi connectivity index (χ4v) is 3.47. The third-order valence-corrected chi connectivity index (χ3v) is 4.64. The van der Waals surface area contributed by atoms with Crippen molar-refractivity contribution in [3.05, 3.63) is 0 Å². The van der Waals surface area contributed by atoms with Crippen LogP contribution >= 0.6 is 0 Å². The minimum absolute atomic E-state index is 0.0259. The fraction of sp³-hybridized carbons (Fsp3) is 0.933. The maximum atomic E-state index is 12.5. The van der Waals surface area contributed by atoms with E-state index in [1.807, 2.05) is 18.7 Å². The van der Waals surface area contributed by atoms with Gasteiger partial charge in [0.25, 0.3) is 0 Å². The lowest BCUT2D eigenvalue weighted by molar-refractivity contribution is -0.137. The SMILES string of the molecule is CCN(CC)C(=O)C(C)N(CC)C1CCCC1CN. The summed E-state index contributed by atoms with van der Waals surface area (Å²) in [6.45, 7) is 11.5. The summed E-state index contributed by atoms with van der Waals surface area (Å²) in [5, 5.41) is 0. The molecule has 4 heteroatoms. The van der Waals surface area contributed by atoms with Crippen LogP contribution < -0.4 is 5.73 Å². The molecular formula is C15H31N3O. The summed E-state index contributed by atoms with van der Waals surface area (Å²) < 4.78 is 0. The molecule has 1 aliphatic rings. The predicted molar refractivity (Wildman–Crippen MR) is 80.0 cm³/mol. The van der Waals surface area contributed by atoms with Crippen molar-refractivity contribution in [1.82, 2.24) is 9.80 Å². The number of carbonyl (C=O) groups is 1. The van der Waals surface area contributed by atoms with Gasteiger partial charge in [-0.15, -0.1) is 0 Å². The Kier molecular flexibility index (Phi) is 6.80. The molecule has 3 unspecified atom stereocenters. The second-order valence-corrected chi connectivity index (χ2v) is 5.51.